The molecule has 0 aliphatic carbocycles. The van der Waals surface area contributed by atoms with E-state index in [1.807, 2.05) is 17.5 Å². The second kappa shape index (κ2) is 7.89. The quantitative estimate of drug-likeness (QED) is 0.408. The lowest BCUT2D eigenvalue weighted by Crippen LogP contribution is -2.04. The highest BCUT2D eigenvalue weighted by molar-refractivity contribution is 7.98. The van der Waals surface area contributed by atoms with Gasteiger partial charge in [0.2, 0.25) is 11.7 Å². The van der Waals surface area contributed by atoms with Gasteiger partial charge in [-0.05, 0) is 30.5 Å². The van der Waals surface area contributed by atoms with Crippen LogP contribution in [0.4, 0.5) is 4.39 Å². The molecule has 10 heteroatoms. The first-order valence-corrected chi connectivity index (χ1v) is 9.79. The Morgan fingerprint density at radius 3 is 2.93 bits per heavy atom. The Kier molecular flexibility index (Phi) is 5.16. The van der Waals surface area contributed by atoms with Gasteiger partial charge in [-0.15, -0.1) is 21.5 Å². The fourth-order valence-corrected chi connectivity index (χ4v) is 3.42. The number of thiophene rings is 1. The highest BCUT2D eigenvalue weighted by Crippen LogP contribution is 2.28. The van der Waals surface area contributed by atoms with E-state index < -0.39 is 11.9 Å². The average molecular weight is 404 g/mol. The first-order chi connectivity index (χ1) is 13.2. The maximum atomic E-state index is 13.7. The molecule has 0 amide bonds. The number of ether oxygens (including phenoxy) is 1. The summed E-state index contributed by atoms with van der Waals surface area (Å²) in [7, 11) is 0. The van der Waals surface area contributed by atoms with Crippen LogP contribution in [0.1, 0.15) is 24.8 Å². The van der Waals surface area contributed by atoms with Gasteiger partial charge in [0.15, 0.2) is 17.7 Å². The Morgan fingerprint density at radius 1 is 1.22 bits per heavy atom. The first-order valence-electron chi connectivity index (χ1n) is 7.93. The van der Waals surface area contributed by atoms with Crippen molar-refractivity contribution in [3.8, 4) is 16.5 Å². The lowest BCUT2D eigenvalue weighted by atomic mass is 10.3. The fraction of sp³-hybridized carbons (Fsp3) is 0.176. The molecule has 7 nitrogen and oxygen atoms in total. The third-order valence-electron chi connectivity index (χ3n) is 3.44. The molecule has 0 radical (unpaired) electrons. The van der Waals surface area contributed by atoms with Crippen LogP contribution in [-0.4, -0.2) is 20.3 Å². The monoisotopic (exact) mass is 404 g/mol. The van der Waals surface area contributed by atoms with E-state index in [2.05, 4.69) is 20.3 Å². The largest absolute Gasteiger partial charge is 0.478 e. The SMILES string of the molecule is CC(Oc1ccccc1F)c1nnc(SCc2nc(-c3cccs3)no2)o1. The third-order valence-corrected chi connectivity index (χ3v) is 5.11. The summed E-state index contributed by atoms with van der Waals surface area (Å²) < 4.78 is 30.0. The lowest BCUT2D eigenvalue weighted by Gasteiger charge is -2.11. The van der Waals surface area contributed by atoms with Crippen LogP contribution in [0.5, 0.6) is 5.75 Å². The number of aromatic nitrogens is 4. The van der Waals surface area contributed by atoms with Crippen molar-refractivity contribution in [1.82, 2.24) is 20.3 Å². The number of thioether (sulfide) groups is 1. The number of para-hydroxylation sites is 1. The molecule has 3 heterocycles. The van der Waals surface area contributed by atoms with Crippen molar-refractivity contribution in [3.05, 3.63) is 59.4 Å². The van der Waals surface area contributed by atoms with Crippen molar-refractivity contribution in [2.45, 2.75) is 24.0 Å². The average Bonchev–Trinajstić information content (AvgIpc) is 3.42. The fourth-order valence-electron chi connectivity index (χ4n) is 2.17. The second-order valence-corrected chi connectivity index (χ2v) is 7.25. The van der Waals surface area contributed by atoms with Gasteiger partial charge in [0.1, 0.15) is 0 Å². The van der Waals surface area contributed by atoms with Crippen LogP contribution in [0, 0.1) is 5.82 Å². The van der Waals surface area contributed by atoms with E-state index in [1.54, 1.807) is 25.1 Å². The number of nitrogens with zero attached hydrogens (tertiary/aromatic N) is 4. The van der Waals surface area contributed by atoms with Crippen molar-refractivity contribution in [2.75, 3.05) is 0 Å². The van der Waals surface area contributed by atoms with Crippen LogP contribution in [0.15, 0.2) is 55.9 Å². The minimum atomic E-state index is -0.586. The molecular weight excluding hydrogens is 391 g/mol. The van der Waals surface area contributed by atoms with E-state index in [1.165, 1.54) is 29.2 Å². The summed E-state index contributed by atoms with van der Waals surface area (Å²) in [6.07, 6.45) is -0.586. The zero-order chi connectivity index (χ0) is 18.6. The number of benzene rings is 1. The number of halogens is 1. The standard InChI is InChI=1S/C17H13FN4O3S2/c1-10(23-12-6-3-2-5-11(12)18)16-20-21-17(24-16)27-9-14-19-15(22-25-14)13-7-4-8-26-13/h2-8,10H,9H2,1H3. The van der Waals surface area contributed by atoms with Crippen LogP contribution in [0.2, 0.25) is 0 Å². The van der Waals surface area contributed by atoms with Crippen molar-refractivity contribution in [2.24, 2.45) is 0 Å². The lowest BCUT2D eigenvalue weighted by molar-refractivity contribution is 0.174. The Bertz CT molecular complexity index is 1020. The molecule has 0 saturated heterocycles. The zero-order valence-corrected chi connectivity index (χ0v) is 15.7. The van der Waals surface area contributed by atoms with Crippen molar-refractivity contribution < 1.29 is 18.1 Å². The predicted molar refractivity (Wildman–Crippen MR) is 96.9 cm³/mol. The zero-order valence-electron chi connectivity index (χ0n) is 14.0. The molecule has 0 aliphatic heterocycles. The highest BCUT2D eigenvalue weighted by Gasteiger charge is 2.18. The summed E-state index contributed by atoms with van der Waals surface area (Å²) >= 11 is 2.81. The van der Waals surface area contributed by atoms with Gasteiger partial charge in [-0.3, -0.25) is 0 Å². The summed E-state index contributed by atoms with van der Waals surface area (Å²) in [6.45, 7) is 1.71. The first kappa shape index (κ1) is 17.7. The van der Waals surface area contributed by atoms with E-state index >= 15 is 0 Å². The molecule has 138 valence electrons. The molecular formula is C17H13FN4O3S2. The van der Waals surface area contributed by atoms with Crippen LogP contribution in [-0.2, 0) is 5.75 Å². The summed E-state index contributed by atoms with van der Waals surface area (Å²) in [5.74, 6) is 1.34. The Morgan fingerprint density at radius 2 is 2.11 bits per heavy atom. The molecule has 0 spiro atoms. The van der Waals surface area contributed by atoms with Gasteiger partial charge in [0, 0.05) is 0 Å². The predicted octanol–water partition coefficient (Wildman–Crippen LogP) is 4.75. The van der Waals surface area contributed by atoms with E-state index in [-0.39, 0.29) is 11.6 Å². The number of rotatable bonds is 7. The molecule has 0 aliphatic rings. The van der Waals surface area contributed by atoms with Crippen molar-refractivity contribution >= 4 is 23.1 Å². The van der Waals surface area contributed by atoms with Gasteiger partial charge < -0.3 is 13.7 Å². The van der Waals surface area contributed by atoms with Crippen molar-refractivity contribution in [3.63, 3.8) is 0 Å². The van der Waals surface area contributed by atoms with Crippen LogP contribution in [0.3, 0.4) is 0 Å². The molecule has 0 saturated carbocycles. The molecule has 1 atom stereocenters. The minimum Gasteiger partial charge on any atom is -0.478 e. The maximum absolute atomic E-state index is 13.7. The van der Waals surface area contributed by atoms with Gasteiger partial charge >= 0.3 is 0 Å². The van der Waals surface area contributed by atoms with E-state index in [4.69, 9.17) is 13.7 Å². The molecule has 4 aromatic rings. The van der Waals surface area contributed by atoms with E-state index in [0.29, 0.717) is 22.7 Å². The third kappa shape index (κ3) is 4.17. The topological polar surface area (TPSA) is 87.1 Å². The number of hydrogen-bond acceptors (Lipinski definition) is 9. The van der Waals surface area contributed by atoms with E-state index in [9.17, 15) is 4.39 Å². The second-order valence-electron chi connectivity index (χ2n) is 5.37. The Hall–Kier alpha value is -2.72. The number of hydrogen-bond donors (Lipinski definition) is 0. The van der Waals surface area contributed by atoms with Gasteiger partial charge in [-0.2, -0.15) is 4.98 Å². The Balaban J connectivity index is 1.36. The van der Waals surface area contributed by atoms with Gasteiger partial charge in [0.05, 0.1) is 10.6 Å². The van der Waals surface area contributed by atoms with Crippen LogP contribution in [0.25, 0.3) is 10.7 Å². The van der Waals surface area contributed by atoms with Gasteiger partial charge in [-0.1, -0.05) is 35.1 Å². The summed E-state index contributed by atoms with van der Waals surface area (Å²) in [5.41, 5.74) is 0. The van der Waals surface area contributed by atoms with Gasteiger partial charge in [0.25, 0.3) is 11.1 Å². The van der Waals surface area contributed by atoms with Crippen molar-refractivity contribution in [1.29, 1.82) is 0 Å². The normalized spacial score (nSPS) is 12.2. The van der Waals surface area contributed by atoms with Crippen LogP contribution < -0.4 is 4.74 Å². The molecule has 27 heavy (non-hydrogen) atoms. The Labute approximate surface area is 161 Å². The van der Waals surface area contributed by atoms with E-state index in [0.717, 1.165) is 4.88 Å². The molecule has 4 rings (SSSR count). The molecule has 0 bridgehead atoms. The molecule has 1 unspecified atom stereocenters. The highest BCUT2D eigenvalue weighted by atomic mass is 32.2. The summed E-state index contributed by atoms with van der Waals surface area (Å²) in [5, 5.41) is 14.1. The van der Waals surface area contributed by atoms with Gasteiger partial charge in [-0.25, -0.2) is 4.39 Å². The minimum absolute atomic E-state index is 0.129. The molecule has 1 aromatic carbocycles. The maximum Gasteiger partial charge on any atom is 0.277 e. The van der Waals surface area contributed by atoms with Crippen LogP contribution >= 0.6 is 23.1 Å². The summed E-state index contributed by atoms with van der Waals surface area (Å²) in [4.78, 5) is 5.27. The summed E-state index contributed by atoms with van der Waals surface area (Å²) in [6, 6.07) is 10.00. The molecule has 3 aromatic heterocycles. The smallest absolute Gasteiger partial charge is 0.277 e. The molecule has 0 N–H and O–H groups in total. The molecule has 0 fully saturated rings.